The molecule has 1 heterocycles. The molecule has 3 heteroatoms. The smallest absolute Gasteiger partial charge is 0.0690 e. The molecule has 0 aliphatic heterocycles. The number of hydrogen-bond acceptors (Lipinski definition) is 2. The number of nitrogens with zero attached hydrogens (tertiary/aromatic N) is 2. The Morgan fingerprint density at radius 2 is 2.16 bits per heavy atom. The van der Waals surface area contributed by atoms with Crippen LogP contribution in [0.15, 0.2) is 42.7 Å². The monoisotopic (exact) mass is 255 g/mol. The second kappa shape index (κ2) is 5.57. The topological polar surface area (TPSA) is 29.9 Å². The summed E-state index contributed by atoms with van der Waals surface area (Å²) in [4.78, 5) is 0. The number of para-hydroxylation sites is 1. The van der Waals surface area contributed by atoms with E-state index in [9.17, 15) is 0 Å². The Bertz CT molecular complexity index is 519. The third-order valence-corrected chi connectivity index (χ3v) is 4.02. The van der Waals surface area contributed by atoms with Gasteiger partial charge in [-0.15, -0.1) is 0 Å². The van der Waals surface area contributed by atoms with Crippen LogP contribution in [0.3, 0.4) is 0 Å². The Morgan fingerprint density at radius 1 is 1.26 bits per heavy atom. The van der Waals surface area contributed by atoms with Crippen LogP contribution in [-0.4, -0.2) is 15.8 Å². The van der Waals surface area contributed by atoms with E-state index in [0.29, 0.717) is 6.04 Å². The predicted molar refractivity (Wildman–Crippen MR) is 77.2 cm³/mol. The molecule has 2 atom stereocenters. The largest absolute Gasteiger partial charge is 0.310 e. The van der Waals surface area contributed by atoms with Gasteiger partial charge in [-0.1, -0.05) is 25.1 Å². The third kappa shape index (κ3) is 2.87. The van der Waals surface area contributed by atoms with Crippen molar-refractivity contribution in [3.8, 4) is 5.69 Å². The van der Waals surface area contributed by atoms with Gasteiger partial charge in [0.05, 0.1) is 5.69 Å². The molecule has 2 aromatic rings. The molecule has 3 rings (SSSR count). The molecule has 2 unspecified atom stereocenters. The van der Waals surface area contributed by atoms with Crippen molar-refractivity contribution in [3.63, 3.8) is 0 Å². The van der Waals surface area contributed by atoms with E-state index >= 15 is 0 Å². The van der Waals surface area contributed by atoms with Gasteiger partial charge in [-0.05, 0) is 42.9 Å². The van der Waals surface area contributed by atoms with E-state index in [4.69, 9.17) is 0 Å². The van der Waals surface area contributed by atoms with E-state index < -0.39 is 0 Å². The molecule has 1 aliphatic carbocycles. The normalized spacial score (nSPS) is 22.8. The maximum absolute atomic E-state index is 4.33. The van der Waals surface area contributed by atoms with Crippen LogP contribution in [0.5, 0.6) is 0 Å². The highest BCUT2D eigenvalue weighted by atomic mass is 15.3. The maximum Gasteiger partial charge on any atom is 0.0690 e. The van der Waals surface area contributed by atoms with E-state index in [-0.39, 0.29) is 0 Å². The number of rotatable bonds is 4. The molecule has 19 heavy (non-hydrogen) atoms. The fraction of sp³-hybridized carbons (Fsp3) is 0.438. The minimum absolute atomic E-state index is 0.681. The molecule has 0 radical (unpaired) electrons. The molecule has 0 amide bonds. The van der Waals surface area contributed by atoms with Crippen molar-refractivity contribution in [2.45, 2.75) is 38.8 Å². The van der Waals surface area contributed by atoms with Gasteiger partial charge in [0.1, 0.15) is 0 Å². The summed E-state index contributed by atoms with van der Waals surface area (Å²) in [6.07, 6.45) is 7.80. The molecule has 1 aromatic heterocycles. The lowest BCUT2D eigenvalue weighted by Gasteiger charge is -2.15. The van der Waals surface area contributed by atoms with Gasteiger partial charge < -0.3 is 5.32 Å². The zero-order valence-electron chi connectivity index (χ0n) is 11.4. The van der Waals surface area contributed by atoms with E-state index in [1.54, 1.807) is 0 Å². The minimum Gasteiger partial charge on any atom is -0.310 e. The molecule has 0 spiro atoms. The van der Waals surface area contributed by atoms with Crippen LogP contribution in [0, 0.1) is 5.92 Å². The molecule has 0 saturated heterocycles. The molecule has 1 fully saturated rings. The second-order valence-corrected chi connectivity index (χ2v) is 5.58. The van der Waals surface area contributed by atoms with Crippen molar-refractivity contribution in [3.05, 3.63) is 48.3 Å². The van der Waals surface area contributed by atoms with E-state index in [0.717, 1.165) is 12.5 Å². The van der Waals surface area contributed by atoms with Crippen molar-refractivity contribution in [1.29, 1.82) is 0 Å². The SMILES string of the molecule is CC1CCC(NCc2ccccc2-n2cccn2)C1. The number of aromatic nitrogens is 2. The molecule has 100 valence electrons. The first kappa shape index (κ1) is 12.4. The summed E-state index contributed by atoms with van der Waals surface area (Å²) in [6, 6.07) is 11.1. The summed E-state index contributed by atoms with van der Waals surface area (Å²) < 4.78 is 1.94. The molecule has 3 nitrogen and oxygen atoms in total. The van der Waals surface area contributed by atoms with Crippen LogP contribution in [-0.2, 0) is 6.54 Å². The summed E-state index contributed by atoms with van der Waals surface area (Å²) in [5.74, 6) is 0.874. The zero-order chi connectivity index (χ0) is 13.1. The van der Waals surface area contributed by atoms with Crippen LogP contribution in [0.2, 0.25) is 0 Å². The Balaban J connectivity index is 1.71. The fourth-order valence-electron chi connectivity index (χ4n) is 2.94. The summed E-state index contributed by atoms with van der Waals surface area (Å²) in [7, 11) is 0. The van der Waals surface area contributed by atoms with Gasteiger partial charge in [-0.25, -0.2) is 4.68 Å². The van der Waals surface area contributed by atoms with Crippen LogP contribution < -0.4 is 5.32 Å². The highest BCUT2D eigenvalue weighted by Gasteiger charge is 2.20. The van der Waals surface area contributed by atoms with E-state index in [1.165, 1.54) is 30.5 Å². The first-order valence-electron chi connectivity index (χ1n) is 7.14. The number of benzene rings is 1. The van der Waals surface area contributed by atoms with Gasteiger partial charge in [0.15, 0.2) is 0 Å². The summed E-state index contributed by atoms with van der Waals surface area (Å²) >= 11 is 0. The van der Waals surface area contributed by atoms with E-state index in [2.05, 4.69) is 41.6 Å². The lowest BCUT2D eigenvalue weighted by molar-refractivity contribution is 0.501. The van der Waals surface area contributed by atoms with Crippen molar-refractivity contribution in [1.82, 2.24) is 15.1 Å². The average molecular weight is 255 g/mol. The van der Waals surface area contributed by atoms with Crippen LogP contribution in [0.1, 0.15) is 31.7 Å². The van der Waals surface area contributed by atoms with Crippen molar-refractivity contribution in [2.75, 3.05) is 0 Å². The lowest BCUT2D eigenvalue weighted by atomic mass is 10.1. The average Bonchev–Trinajstić information content (AvgIpc) is 3.08. The lowest BCUT2D eigenvalue weighted by Crippen LogP contribution is -2.26. The van der Waals surface area contributed by atoms with Gasteiger partial charge in [-0.2, -0.15) is 5.10 Å². The molecule has 1 N–H and O–H groups in total. The summed E-state index contributed by atoms with van der Waals surface area (Å²) in [5, 5.41) is 8.02. The van der Waals surface area contributed by atoms with Crippen molar-refractivity contribution >= 4 is 0 Å². The molecular formula is C16H21N3. The highest BCUT2D eigenvalue weighted by molar-refractivity contribution is 5.40. The zero-order valence-corrected chi connectivity index (χ0v) is 11.4. The first-order valence-corrected chi connectivity index (χ1v) is 7.14. The number of nitrogens with one attached hydrogen (secondary N) is 1. The second-order valence-electron chi connectivity index (χ2n) is 5.58. The summed E-state index contributed by atoms with van der Waals surface area (Å²) in [5.41, 5.74) is 2.48. The van der Waals surface area contributed by atoms with Gasteiger partial charge in [0, 0.05) is 25.0 Å². The summed E-state index contributed by atoms with van der Waals surface area (Å²) in [6.45, 7) is 3.27. The first-order chi connectivity index (χ1) is 9.33. The molecule has 1 aliphatic rings. The highest BCUT2D eigenvalue weighted by Crippen LogP contribution is 2.25. The van der Waals surface area contributed by atoms with E-state index in [1.807, 2.05) is 23.1 Å². The molecule has 1 saturated carbocycles. The molecule has 1 aromatic carbocycles. The van der Waals surface area contributed by atoms with Crippen LogP contribution in [0.25, 0.3) is 5.69 Å². The minimum atomic E-state index is 0.681. The Morgan fingerprint density at radius 3 is 2.89 bits per heavy atom. The number of hydrogen-bond donors (Lipinski definition) is 1. The van der Waals surface area contributed by atoms with Crippen molar-refractivity contribution < 1.29 is 0 Å². The molecular weight excluding hydrogens is 234 g/mol. The van der Waals surface area contributed by atoms with Crippen molar-refractivity contribution in [2.24, 2.45) is 5.92 Å². The quantitative estimate of drug-likeness (QED) is 0.909. The van der Waals surface area contributed by atoms with Crippen LogP contribution >= 0.6 is 0 Å². The predicted octanol–water partition coefficient (Wildman–Crippen LogP) is 3.15. The van der Waals surface area contributed by atoms with Crippen LogP contribution in [0.4, 0.5) is 0 Å². The van der Waals surface area contributed by atoms with Gasteiger partial charge in [-0.3, -0.25) is 0 Å². The fourth-order valence-corrected chi connectivity index (χ4v) is 2.94. The van der Waals surface area contributed by atoms with Gasteiger partial charge in [0.25, 0.3) is 0 Å². The third-order valence-electron chi connectivity index (χ3n) is 4.02. The maximum atomic E-state index is 4.33. The Kier molecular flexibility index (Phi) is 3.65. The molecule has 0 bridgehead atoms. The Hall–Kier alpha value is -1.61. The van der Waals surface area contributed by atoms with Gasteiger partial charge >= 0.3 is 0 Å². The van der Waals surface area contributed by atoms with Gasteiger partial charge in [0.2, 0.25) is 0 Å². The standard InChI is InChI=1S/C16H21N3/c1-13-7-8-15(11-13)17-12-14-5-2-3-6-16(14)19-10-4-9-18-19/h2-6,9-10,13,15,17H,7-8,11-12H2,1H3. The Labute approximate surface area is 114 Å².